The zero-order chi connectivity index (χ0) is 17.4. The first-order valence-electron chi connectivity index (χ1n) is 8.30. The molecule has 5 nitrogen and oxygen atoms in total. The smallest absolute Gasteiger partial charge is 0.267 e. The highest BCUT2D eigenvalue weighted by molar-refractivity contribution is 5.92. The lowest BCUT2D eigenvalue weighted by Gasteiger charge is -2.30. The number of aromatic nitrogens is 1. The maximum absolute atomic E-state index is 12.1. The summed E-state index contributed by atoms with van der Waals surface area (Å²) in [6, 6.07) is 4.46. The Balaban J connectivity index is 2.43. The van der Waals surface area contributed by atoms with Crippen LogP contribution in [-0.4, -0.2) is 47.6 Å². The van der Waals surface area contributed by atoms with Crippen molar-refractivity contribution in [1.29, 1.82) is 0 Å². The van der Waals surface area contributed by atoms with E-state index < -0.39 is 0 Å². The molecule has 23 heavy (non-hydrogen) atoms. The first kappa shape index (κ1) is 19.3. The Morgan fingerprint density at radius 2 is 1.91 bits per heavy atom. The molecule has 0 aromatic carbocycles. The van der Waals surface area contributed by atoms with Crippen LogP contribution in [0.4, 0.5) is 0 Å². The Bertz CT molecular complexity index is 506. The van der Waals surface area contributed by atoms with Gasteiger partial charge in [0.05, 0.1) is 0 Å². The number of carbonyl (C=O) groups is 1. The number of ether oxygens (including phenoxy) is 1. The van der Waals surface area contributed by atoms with Gasteiger partial charge in [0.1, 0.15) is 12.3 Å². The van der Waals surface area contributed by atoms with E-state index in [-0.39, 0.29) is 5.91 Å². The zero-order valence-electron chi connectivity index (χ0n) is 15.3. The number of H-pyrrole nitrogens is 1. The highest BCUT2D eigenvalue weighted by Crippen LogP contribution is 2.10. The maximum atomic E-state index is 12.1. The van der Waals surface area contributed by atoms with Crippen LogP contribution in [0.5, 0.6) is 5.88 Å². The zero-order valence-corrected chi connectivity index (χ0v) is 15.3. The summed E-state index contributed by atoms with van der Waals surface area (Å²) in [6.45, 7) is 14.7. The number of hydrogen-bond donors (Lipinski definition) is 2. The van der Waals surface area contributed by atoms with Gasteiger partial charge < -0.3 is 15.0 Å². The van der Waals surface area contributed by atoms with Crippen molar-refractivity contribution >= 4 is 5.91 Å². The van der Waals surface area contributed by atoms with Crippen molar-refractivity contribution in [2.45, 2.75) is 53.6 Å². The average molecular weight is 321 g/mol. The van der Waals surface area contributed by atoms with Crippen LogP contribution >= 0.6 is 0 Å². The number of amides is 1. The number of aromatic amines is 1. The number of nitrogens with zero attached hydrogens (tertiary/aromatic N) is 1. The van der Waals surface area contributed by atoms with Gasteiger partial charge in [-0.2, -0.15) is 0 Å². The minimum Gasteiger partial charge on any atom is -0.475 e. The summed E-state index contributed by atoms with van der Waals surface area (Å²) >= 11 is 0. The second-order valence-electron chi connectivity index (χ2n) is 6.51. The molecule has 0 atom stereocenters. The van der Waals surface area contributed by atoms with Crippen LogP contribution in [0.25, 0.3) is 0 Å². The van der Waals surface area contributed by atoms with E-state index in [4.69, 9.17) is 4.74 Å². The molecule has 0 aliphatic heterocycles. The lowest BCUT2D eigenvalue weighted by molar-refractivity contribution is 0.0934. The molecule has 0 bridgehead atoms. The average Bonchev–Trinajstić information content (AvgIpc) is 2.91. The molecule has 0 saturated carbocycles. The number of carbonyl (C=O) groups excluding carboxylic acids is 1. The Hall–Kier alpha value is -1.75. The maximum Gasteiger partial charge on any atom is 0.267 e. The fraction of sp³-hybridized carbons (Fsp3) is 0.611. The number of nitrogens with one attached hydrogen (secondary N) is 2. The quantitative estimate of drug-likeness (QED) is 0.687. The van der Waals surface area contributed by atoms with Crippen LogP contribution in [0.1, 0.15) is 52.0 Å². The van der Waals surface area contributed by atoms with E-state index in [0.29, 0.717) is 36.8 Å². The Labute approximate surface area is 140 Å². The van der Waals surface area contributed by atoms with Crippen LogP contribution in [0.15, 0.2) is 23.8 Å². The molecule has 0 aliphatic rings. The van der Waals surface area contributed by atoms with Crippen molar-refractivity contribution < 1.29 is 9.53 Å². The molecule has 0 radical (unpaired) electrons. The molecular formula is C18H31N3O2. The first-order valence-corrected chi connectivity index (χ1v) is 8.30. The van der Waals surface area contributed by atoms with Crippen LogP contribution in [0, 0.1) is 0 Å². The third kappa shape index (κ3) is 6.91. The Morgan fingerprint density at radius 3 is 2.48 bits per heavy atom. The van der Waals surface area contributed by atoms with Gasteiger partial charge in [0.2, 0.25) is 0 Å². The number of hydrogen-bond acceptors (Lipinski definition) is 3. The summed E-state index contributed by atoms with van der Waals surface area (Å²) in [6.07, 6.45) is 1.99. The van der Waals surface area contributed by atoms with E-state index in [1.165, 1.54) is 5.57 Å². The van der Waals surface area contributed by atoms with E-state index in [0.717, 1.165) is 6.54 Å². The molecule has 1 aromatic heterocycles. The molecule has 5 heteroatoms. The van der Waals surface area contributed by atoms with Crippen LogP contribution in [0.2, 0.25) is 0 Å². The third-order valence-corrected chi connectivity index (χ3v) is 3.62. The van der Waals surface area contributed by atoms with Gasteiger partial charge in [-0.15, -0.1) is 0 Å². The normalized spacial score (nSPS) is 11.2. The van der Waals surface area contributed by atoms with E-state index in [2.05, 4.69) is 42.9 Å². The molecular weight excluding hydrogens is 290 g/mol. The number of allylic oxidation sites excluding steroid dienone is 1. The summed E-state index contributed by atoms with van der Waals surface area (Å²) in [5, 5.41) is 2.95. The van der Waals surface area contributed by atoms with Crippen molar-refractivity contribution in [3.05, 3.63) is 29.5 Å². The van der Waals surface area contributed by atoms with E-state index in [9.17, 15) is 4.79 Å². The monoisotopic (exact) mass is 321 g/mol. The van der Waals surface area contributed by atoms with Crippen molar-refractivity contribution in [3.63, 3.8) is 0 Å². The molecule has 130 valence electrons. The molecule has 1 aromatic rings. The molecule has 0 saturated heterocycles. The van der Waals surface area contributed by atoms with Crippen molar-refractivity contribution in [2.75, 3.05) is 19.7 Å². The minimum atomic E-state index is -0.102. The lowest BCUT2D eigenvalue weighted by Crippen LogP contribution is -2.42. The van der Waals surface area contributed by atoms with Gasteiger partial charge in [-0.25, -0.2) is 0 Å². The largest absolute Gasteiger partial charge is 0.475 e. The topological polar surface area (TPSA) is 57.4 Å². The third-order valence-electron chi connectivity index (χ3n) is 3.62. The summed E-state index contributed by atoms with van der Waals surface area (Å²) in [5.74, 6) is 0.508. The fourth-order valence-corrected chi connectivity index (χ4v) is 2.40. The van der Waals surface area contributed by atoms with Gasteiger partial charge >= 0.3 is 0 Å². The van der Waals surface area contributed by atoms with Crippen molar-refractivity contribution in [1.82, 2.24) is 15.2 Å². The molecule has 1 rings (SSSR count). The van der Waals surface area contributed by atoms with Gasteiger partial charge in [-0.1, -0.05) is 5.57 Å². The lowest BCUT2D eigenvalue weighted by atomic mass is 10.2. The molecule has 0 unspecified atom stereocenters. The predicted octanol–water partition coefficient (Wildman–Crippen LogP) is 3.21. The Kier molecular flexibility index (Phi) is 7.89. The Morgan fingerprint density at radius 1 is 1.26 bits per heavy atom. The molecule has 1 amide bonds. The molecule has 1 heterocycles. The molecule has 2 N–H and O–H groups in total. The summed E-state index contributed by atoms with van der Waals surface area (Å²) in [7, 11) is 0. The molecule has 0 fully saturated rings. The highest BCUT2D eigenvalue weighted by Gasteiger charge is 2.14. The van der Waals surface area contributed by atoms with E-state index in [1.54, 1.807) is 12.1 Å². The highest BCUT2D eigenvalue weighted by atomic mass is 16.5. The van der Waals surface area contributed by atoms with Crippen molar-refractivity contribution in [3.8, 4) is 5.88 Å². The number of rotatable bonds is 9. The summed E-state index contributed by atoms with van der Waals surface area (Å²) in [5.41, 5.74) is 1.73. The van der Waals surface area contributed by atoms with Gasteiger partial charge in [-0.05, 0) is 53.7 Å². The van der Waals surface area contributed by atoms with Gasteiger partial charge in [0, 0.05) is 31.2 Å². The molecule has 0 spiro atoms. The minimum absolute atomic E-state index is 0.102. The van der Waals surface area contributed by atoms with Gasteiger partial charge in [0.25, 0.3) is 5.91 Å². The second kappa shape index (κ2) is 9.40. The van der Waals surface area contributed by atoms with Gasteiger partial charge in [-0.3, -0.25) is 9.69 Å². The van der Waals surface area contributed by atoms with Gasteiger partial charge in [0.15, 0.2) is 5.88 Å². The molecule has 0 aliphatic carbocycles. The SMILES string of the molecule is CC(C)=CCOc1ccc(C(=O)NCCN(C(C)C)C(C)C)[nH]1. The van der Waals surface area contributed by atoms with Crippen LogP contribution in [0.3, 0.4) is 0 Å². The van der Waals surface area contributed by atoms with E-state index in [1.807, 2.05) is 19.9 Å². The summed E-state index contributed by atoms with van der Waals surface area (Å²) < 4.78 is 5.53. The predicted molar refractivity (Wildman–Crippen MR) is 95.0 cm³/mol. The van der Waals surface area contributed by atoms with Crippen LogP contribution in [-0.2, 0) is 0 Å². The fourth-order valence-electron chi connectivity index (χ4n) is 2.40. The summed E-state index contributed by atoms with van der Waals surface area (Å²) in [4.78, 5) is 17.5. The first-order chi connectivity index (χ1) is 10.8. The van der Waals surface area contributed by atoms with Crippen LogP contribution < -0.4 is 10.1 Å². The van der Waals surface area contributed by atoms with E-state index >= 15 is 0 Å². The second-order valence-corrected chi connectivity index (χ2v) is 6.51. The van der Waals surface area contributed by atoms with Crippen molar-refractivity contribution in [2.24, 2.45) is 0 Å². The standard InChI is InChI=1S/C18H31N3O2/c1-13(2)9-12-23-17-8-7-16(20-17)18(22)19-10-11-21(14(3)4)15(5)6/h7-9,14-15,20H,10-12H2,1-6H3,(H,19,22).